The highest BCUT2D eigenvalue weighted by atomic mass is 16.5. The van der Waals surface area contributed by atoms with Gasteiger partial charge in [0, 0.05) is 46.5 Å². The average Bonchev–Trinajstić information content (AvgIpc) is 3.11. The van der Waals surface area contributed by atoms with Crippen molar-refractivity contribution in [2.24, 2.45) is 12.5 Å². The van der Waals surface area contributed by atoms with E-state index in [1.54, 1.807) is 31.2 Å². The fourth-order valence-corrected chi connectivity index (χ4v) is 3.71. The van der Waals surface area contributed by atoms with Gasteiger partial charge in [-0.1, -0.05) is 0 Å². The molecule has 2 saturated heterocycles. The molecule has 3 heterocycles. The number of hydrogen-bond donors (Lipinski definition) is 0. The first kappa shape index (κ1) is 16.0. The Bertz CT molecular complexity index is 600. The van der Waals surface area contributed by atoms with Crippen molar-refractivity contribution in [3.05, 3.63) is 18.0 Å². The van der Waals surface area contributed by atoms with Crippen molar-refractivity contribution >= 4 is 11.8 Å². The summed E-state index contributed by atoms with van der Waals surface area (Å²) in [5, 5.41) is 4.06. The summed E-state index contributed by atoms with van der Waals surface area (Å²) in [6.07, 6.45) is 5.88. The van der Waals surface area contributed by atoms with Crippen molar-refractivity contribution in [3.8, 4) is 0 Å². The number of methoxy groups -OCH3 is 1. The van der Waals surface area contributed by atoms with Crippen LogP contribution in [-0.4, -0.2) is 71.3 Å². The van der Waals surface area contributed by atoms with Gasteiger partial charge in [-0.3, -0.25) is 14.3 Å². The SMILES string of the molecule is COCCN1CCC2(CCCN(C(=O)c3cnn(C)c3)C2)C1=O. The molecule has 0 bridgehead atoms. The molecular weight excluding hydrogens is 296 g/mol. The summed E-state index contributed by atoms with van der Waals surface area (Å²) in [6, 6.07) is 0. The van der Waals surface area contributed by atoms with E-state index < -0.39 is 5.41 Å². The van der Waals surface area contributed by atoms with E-state index in [0.717, 1.165) is 25.8 Å². The zero-order valence-electron chi connectivity index (χ0n) is 13.8. The van der Waals surface area contributed by atoms with E-state index in [1.807, 2.05) is 9.80 Å². The summed E-state index contributed by atoms with van der Waals surface area (Å²) in [5.41, 5.74) is 0.190. The molecule has 0 aromatic carbocycles. The molecule has 3 rings (SSSR count). The third-order valence-electron chi connectivity index (χ3n) is 4.98. The van der Waals surface area contributed by atoms with Gasteiger partial charge in [-0.15, -0.1) is 0 Å². The number of rotatable bonds is 4. The Morgan fingerprint density at radius 2 is 2.22 bits per heavy atom. The van der Waals surface area contributed by atoms with Crippen LogP contribution in [0.3, 0.4) is 0 Å². The molecular formula is C16H24N4O3. The molecule has 0 aliphatic carbocycles. The number of piperidine rings is 1. The molecule has 2 aliphatic heterocycles. The van der Waals surface area contributed by atoms with Crippen LogP contribution < -0.4 is 0 Å². The standard InChI is InChI=1S/C16H24N4O3/c1-18-11-13(10-17-18)14(21)20-6-3-4-16(12-20)5-7-19(15(16)22)8-9-23-2/h10-11H,3-9,12H2,1-2H3. The quantitative estimate of drug-likeness (QED) is 0.811. The van der Waals surface area contributed by atoms with Gasteiger partial charge in [-0.25, -0.2) is 0 Å². The number of nitrogens with zero attached hydrogens (tertiary/aromatic N) is 4. The summed E-state index contributed by atoms with van der Waals surface area (Å²) in [5.74, 6) is 0.151. The van der Waals surface area contributed by atoms with Crippen LogP contribution in [0.4, 0.5) is 0 Å². The first-order valence-corrected chi connectivity index (χ1v) is 8.12. The van der Waals surface area contributed by atoms with Gasteiger partial charge in [0.1, 0.15) is 0 Å². The molecule has 126 valence electrons. The Labute approximate surface area is 136 Å². The normalized spacial score (nSPS) is 24.7. The van der Waals surface area contributed by atoms with Crippen LogP contribution in [0.15, 0.2) is 12.4 Å². The second-order valence-electron chi connectivity index (χ2n) is 6.55. The lowest BCUT2D eigenvalue weighted by Gasteiger charge is -2.38. The van der Waals surface area contributed by atoms with Crippen molar-refractivity contribution in [1.82, 2.24) is 19.6 Å². The first-order chi connectivity index (χ1) is 11.1. The lowest BCUT2D eigenvalue weighted by atomic mass is 9.78. The minimum Gasteiger partial charge on any atom is -0.383 e. The number of amides is 2. The second-order valence-corrected chi connectivity index (χ2v) is 6.55. The smallest absolute Gasteiger partial charge is 0.257 e. The Balaban J connectivity index is 1.71. The number of aryl methyl sites for hydroxylation is 1. The van der Waals surface area contributed by atoms with Gasteiger partial charge in [0.2, 0.25) is 5.91 Å². The summed E-state index contributed by atoms with van der Waals surface area (Å²) in [7, 11) is 3.44. The highest BCUT2D eigenvalue weighted by Gasteiger charge is 2.49. The molecule has 0 radical (unpaired) electrons. The van der Waals surface area contributed by atoms with E-state index in [2.05, 4.69) is 5.10 Å². The largest absolute Gasteiger partial charge is 0.383 e. The van der Waals surface area contributed by atoms with Crippen LogP contribution in [0.5, 0.6) is 0 Å². The Hall–Kier alpha value is -1.89. The molecule has 2 aliphatic rings. The van der Waals surface area contributed by atoms with Gasteiger partial charge in [0.25, 0.3) is 5.91 Å². The van der Waals surface area contributed by atoms with Gasteiger partial charge < -0.3 is 14.5 Å². The van der Waals surface area contributed by atoms with Gasteiger partial charge in [-0.2, -0.15) is 5.10 Å². The molecule has 7 nitrogen and oxygen atoms in total. The van der Waals surface area contributed by atoms with E-state index in [1.165, 1.54) is 0 Å². The number of likely N-dealkylation sites (tertiary alicyclic amines) is 2. The van der Waals surface area contributed by atoms with Crippen LogP contribution in [0.2, 0.25) is 0 Å². The minimum absolute atomic E-state index is 0.0275. The fraction of sp³-hybridized carbons (Fsp3) is 0.688. The average molecular weight is 320 g/mol. The van der Waals surface area contributed by atoms with Gasteiger partial charge in [0.15, 0.2) is 0 Å². The summed E-state index contributed by atoms with van der Waals surface area (Å²) >= 11 is 0. The zero-order valence-corrected chi connectivity index (χ0v) is 13.8. The van der Waals surface area contributed by atoms with E-state index in [-0.39, 0.29) is 11.8 Å². The minimum atomic E-state index is -0.399. The summed E-state index contributed by atoms with van der Waals surface area (Å²) in [4.78, 5) is 29.1. The number of carbonyl (C=O) groups excluding carboxylic acids is 2. The molecule has 23 heavy (non-hydrogen) atoms. The lowest BCUT2D eigenvalue weighted by Crippen LogP contribution is -2.50. The molecule has 1 spiro atoms. The van der Waals surface area contributed by atoms with E-state index in [9.17, 15) is 9.59 Å². The Morgan fingerprint density at radius 3 is 2.91 bits per heavy atom. The second kappa shape index (κ2) is 6.31. The third-order valence-corrected chi connectivity index (χ3v) is 4.98. The molecule has 1 aromatic rings. The molecule has 2 amide bonds. The predicted molar refractivity (Wildman–Crippen MR) is 83.9 cm³/mol. The molecule has 0 saturated carbocycles. The maximum Gasteiger partial charge on any atom is 0.257 e. The van der Waals surface area contributed by atoms with Crippen molar-refractivity contribution in [1.29, 1.82) is 0 Å². The van der Waals surface area contributed by atoms with Crippen molar-refractivity contribution < 1.29 is 14.3 Å². The predicted octanol–water partition coefficient (Wildman–Crippen LogP) is 0.521. The van der Waals surface area contributed by atoms with Gasteiger partial charge >= 0.3 is 0 Å². The van der Waals surface area contributed by atoms with Gasteiger partial charge in [-0.05, 0) is 19.3 Å². The van der Waals surface area contributed by atoms with Crippen molar-refractivity contribution in [3.63, 3.8) is 0 Å². The van der Waals surface area contributed by atoms with Gasteiger partial charge in [0.05, 0.1) is 23.8 Å². The number of hydrogen-bond acceptors (Lipinski definition) is 4. The van der Waals surface area contributed by atoms with Crippen molar-refractivity contribution in [2.45, 2.75) is 19.3 Å². The molecule has 2 fully saturated rings. The maximum absolute atomic E-state index is 12.8. The summed E-state index contributed by atoms with van der Waals surface area (Å²) < 4.78 is 6.70. The fourth-order valence-electron chi connectivity index (χ4n) is 3.71. The Kier molecular flexibility index (Phi) is 4.39. The van der Waals surface area contributed by atoms with Crippen LogP contribution in [0.25, 0.3) is 0 Å². The monoisotopic (exact) mass is 320 g/mol. The van der Waals surface area contributed by atoms with E-state index in [4.69, 9.17) is 4.74 Å². The number of carbonyl (C=O) groups is 2. The Morgan fingerprint density at radius 1 is 1.39 bits per heavy atom. The van der Waals surface area contributed by atoms with Crippen LogP contribution >= 0.6 is 0 Å². The molecule has 1 aromatic heterocycles. The zero-order chi connectivity index (χ0) is 16.4. The topological polar surface area (TPSA) is 67.7 Å². The lowest BCUT2D eigenvalue weighted by molar-refractivity contribution is -0.138. The highest BCUT2D eigenvalue weighted by molar-refractivity contribution is 5.94. The molecule has 0 N–H and O–H groups in total. The first-order valence-electron chi connectivity index (χ1n) is 8.12. The molecule has 1 unspecified atom stereocenters. The number of ether oxygens (including phenoxy) is 1. The van der Waals surface area contributed by atoms with E-state index in [0.29, 0.717) is 31.8 Å². The van der Waals surface area contributed by atoms with Crippen LogP contribution in [0.1, 0.15) is 29.6 Å². The van der Waals surface area contributed by atoms with E-state index >= 15 is 0 Å². The van der Waals surface area contributed by atoms with Crippen molar-refractivity contribution in [2.75, 3.05) is 39.9 Å². The third kappa shape index (κ3) is 2.97. The molecule has 1 atom stereocenters. The highest BCUT2D eigenvalue weighted by Crippen LogP contribution is 2.40. The maximum atomic E-state index is 12.8. The van der Waals surface area contributed by atoms with Crippen LogP contribution in [0, 0.1) is 5.41 Å². The number of aromatic nitrogens is 2. The molecule has 7 heteroatoms. The van der Waals surface area contributed by atoms with Crippen LogP contribution in [-0.2, 0) is 16.6 Å². The summed E-state index contributed by atoms with van der Waals surface area (Å²) in [6.45, 7) is 3.18.